The smallest absolute Gasteiger partial charge is 0.123 e. The van der Waals surface area contributed by atoms with Crippen LogP contribution in [-0.2, 0) is 0 Å². The Bertz CT molecular complexity index is 297. The highest BCUT2D eigenvalue weighted by molar-refractivity contribution is 5.22. The molecular weight excluding hydrogens is 183 g/mol. The molecule has 0 aromatic heterocycles. The van der Waals surface area contributed by atoms with Crippen LogP contribution < -0.4 is 4.74 Å². The van der Waals surface area contributed by atoms with Crippen molar-refractivity contribution in [3.05, 3.63) is 30.1 Å². The molecule has 0 spiro atoms. The number of halogens is 1. The zero-order valence-electron chi connectivity index (χ0n) is 7.82. The number of rotatable bonds is 4. The van der Waals surface area contributed by atoms with E-state index in [1.54, 1.807) is 12.1 Å². The maximum Gasteiger partial charge on any atom is 0.123 e. The van der Waals surface area contributed by atoms with Gasteiger partial charge in [0.25, 0.3) is 0 Å². The second kappa shape index (κ2) is 3.96. The average molecular weight is 196 g/mol. The monoisotopic (exact) mass is 196 g/mol. The Labute approximate surface area is 82.3 Å². The lowest BCUT2D eigenvalue weighted by Crippen LogP contribution is -2.02. The molecule has 14 heavy (non-hydrogen) atoms. The van der Waals surface area contributed by atoms with Crippen LogP contribution in [0.1, 0.15) is 6.42 Å². The molecule has 1 N–H and O–H groups in total. The molecule has 0 heterocycles. The van der Waals surface area contributed by atoms with Crippen LogP contribution in [0.5, 0.6) is 5.75 Å². The largest absolute Gasteiger partial charge is 0.493 e. The van der Waals surface area contributed by atoms with E-state index in [9.17, 15) is 4.39 Å². The fraction of sp³-hybridized carbons (Fsp3) is 0.455. The summed E-state index contributed by atoms with van der Waals surface area (Å²) < 4.78 is 18.0. The minimum atomic E-state index is -0.253. The summed E-state index contributed by atoms with van der Waals surface area (Å²) >= 11 is 0. The van der Waals surface area contributed by atoms with Crippen LogP contribution in [0, 0.1) is 17.7 Å². The molecule has 1 aromatic rings. The van der Waals surface area contributed by atoms with E-state index in [-0.39, 0.29) is 12.4 Å². The van der Waals surface area contributed by atoms with E-state index < -0.39 is 0 Å². The summed E-state index contributed by atoms with van der Waals surface area (Å²) in [5, 5.41) is 8.80. The highest BCUT2D eigenvalue weighted by Gasteiger charge is 2.36. The SMILES string of the molecule is OCC1CC1COc1ccc(F)cc1. The van der Waals surface area contributed by atoms with Crippen molar-refractivity contribution in [2.45, 2.75) is 6.42 Å². The molecule has 0 saturated heterocycles. The molecule has 0 aliphatic heterocycles. The number of benzene rings is 1. The summed E-state index contributed by atoms with van der Waals surface area (Å²) in [6.45, 7) is 0.869. The van der Waals surface area contributed by atoms with Crippen LogP contribution in [0.25, 0.3) is 0 Å². The molecular formula is C11H13FO2. The summed E-state index contributed by atoms with van der Waals surface area (Å²) in [6, 6.07) is 5.99. The molecule has 3 heteroatoms. The normalized spacial score (nSPS) is 24.7. The molecule has 2 atom stereocenters. The maximum atomic E-state index is 12.5. The first-order valence-electron chi connectivity index (χ1n) is 4.79. The Kier molecular flexibility index (Phi) is 2.68. The molecule has 1 aromatic carbocycles. The second-order valence-electron chi connectivity index (χ2n) is 3.70. The third kappa shape index (κ3) is 2.23. The Balaban J connectivity index is 1.78. The minimum Gasteiger partial charge on any atom is -0.493 e. The van der Waals surface area contributed by atoms with Crippen LogP contribution >= 0.6 is 0 Å². The van der Waals surface area contributed by atoms with Gasteiger partial charge in [0.1, 0.15) is 11.6 Å². The van der Waals surface area contributed by atoms with Gasteiger partial charge >= 0.3 is 0 Å². The first kappa shape index (κ1) is 9.46. The molecule has 76 valence electrons. The Morgan fingerprint density at radius 1 is 1.29 bits per heavy atom. The summed E-state index contributed by atoms with van der Waals surface area (Å²) in [4.78, 5) is 0. The lowest BCUT2D eigenvalue weighted by molar-refractivity contribution is 0.242. The highest BCUT2D eigenvalue weighted by Crippen LogP contribution is 2.37. The van der Waals surface area contributed by atoms with Crippen LogP contribution in [0.4, 0.5) is 4.39 Å². The van der Waals surface area contributed by atoms with Gasteiger partial charge in [-0.3, -0.25) is 0 Å². The Morgan fingerprint density at radius 3 is 2.57 bits per heavy atom. The molecule has 2 rings (SSSR count). The molecule has 1 fully saturated rings. The van der Waals surface area contributed by atoms with E-state index in [4.69, 9.17) is 9.84 Å². The number of hydrogen-bond acceptors (Lipinski definition) is 2. The van der Waals surface area contributed by atoms with Gasteiger partial charge in [-0.25, -0.2) is 4.39 Å². The van der Waals surface area contributed by atoms with E-state index >= 15 is 0 Å². The molecule has 1 aliphatic rings. The van der Waals surface area contributed by atoms with Gasteiger partial charge in [-0.05, 0) is 42.5 Å². The van der Waals surface area contributed by atoms with Gasteiger partial charge < -0.3 is 9.84 Å². The van der Waals surface area contributed by atoms with Crippen LogP contribution in [-0.4, -0.2) is 18.3 Å². The van der Waals surface area contributed by atoms with E-state index in [0.717, 1.165) is 6.42 Å². The lowest BCUT2D eigenvalue weighted by atomic mass is 10.3. The molecule has 1 saturated carbocycles. The molecule has 0 amide bonds. The average Bonchev–Trinajstić information content (AvgIpc) is 2.96. The molecule has 0 bridgehead atoms. The van der Waals surface area contributed by atoms with Crippen molar-refractivity contribution in [1.29, 1.82) is 0 Å². The summed E-state index contributed by atoms with van der Waals surface area (Å²) in [6.07, 6.45) is 1.04. The molecule has 0 radical (unpaired) electrons. The van der Waals surface area contributed by atoms with Crippen molar-refractivity contribution in [3.8, 4) is 5.75 Å². The third-order valence-corrected chi connectivity index (χ3v) is 2.58. The highest BCUT2D eigenvalue weighted by atomic mass is 19.1. The van der Waals surface area contributed by atoms with Crippen molar-refractivity contribution in [2.75, 3.05) is 13.2 Å². The molecule has 2 nitrogen and oxygen atoms in total. The van der Waals surface area contributed by atoms with Gasteiger partial charge in [0.2, 0.25) is 0 Å². The van der Waals surface area contributed by atoms with Gasteiger partial charge in [0, 0.05) is 6.61 Å². The number of aliphatic hydroxyl groups excluding tert-OH is 1. The molecule has 2 unspecified atom stereocenters. The van der Waals surface area contributed by atoms with Crippen molar-refractivity contribution >= 4 is 0 Å². The van der Waals surface area contributed by atoms with Crippen LogP contribution in [0.2, 0.25) is 0 Å². The van der Waals surface area contributed by atoms with Crippen molar-refractivity contribution < 1.29 is 14.2 Å². The van der Waals surface area contributed by atoms with Crippen molar-refractivity contribution in [3.63, 3.8) is 0 Å². The third-order valence-electron chi connectivity index (χ3n) is 2.58. The van der Waals surface area contributed by atoms with E-state index in [1.807, 2.05) is 0 Å². The van der Waals surface area contributed by atoms with Gasteiger partial charge in [-0.2, -0.15) is 0 Å². The standard InChI is InChI=1S/C11H13FO2/c12-10-1-3-11(4-2-10)14-7-9-5-8(9)6-13/h1-4,8-9,13H,5-7H2. The van der Waals surface area contributed by atoms with E-state index in [0.29, 0.717) is 24.2 Å². The predicted molar refractivity (Wildman–Crippen MR) is 50.6 cm³/mol. The second-order valence-corrected chi connectivity index (χ2v) is 3.70. The number of hydrogen-bond donors (Lipinski definition) is 1. The molecule has 1 aliphatic carbocycles. The fourth-order valence-corrected chi connectivity index (χ4v) is 1.47. The van der Waals surface area contributed by atoms with Gasteiger partial charge in [0.15, 0.2) is 0 Å². The fourth-order valence-electron chi connectivity index (χ4n) is 1.47. The topological polar surface area (TPSA) is 29.5 Å². The number of aliphatic hydroxyl groups is 1. The van der Waals surface area contributed by atoms with E-state index in [2.05, 4.69) is 0 Å². The van der Waals surface area contributed by atoms with Crippen molar-refractivity contribution in [1.82, 2.24) is 0 Å². The van der Waals surface area contributed by atoms with Gasteiger partial charge in [-0.15, -0.1) is 0 Å². The summed E-state index contributed by atoms with van der Waals surface area (Å²) in [5.41, 5.74) is 0. The van der Waals surface area contributed by atoms with Gasteiger partial charge in [-0.1, -0.05) is 0 Å². The van der Waals surface area contributed by atoms with Crippen LogP contribution in [0.3, 0.4) is 0 Å². The van der Waals surface area contributed by atoms with Crippen LogP contribution in [0.15, 0.2) is 24.3 Å². The van der Waals surface area contributed by atoms with E-state index in [1.165, 1.54) is 12.1 Å². The Morgan fingerprint density at radius 2 is 2.00 bits per heavy atom. The zero-order chi connectivity index (χ0) is 9.97. The zero-order valence-corrected chi connectivity index (χ0v) is 7.82. The first-order valence-corrected chi connectivity index (χ1v) is 4.79. The first-order chi connectivity index (χ1) is 6.79. The lowest BCUT2D eigenvalue weighted by Gasteiger charge is -2.04. The van der Waals surface area contributed by atoms with Crippen molar-refractivity contribution in [2.24, 2.45) is 11.8 Å². The summed E-state index contributed by atoms with van der Waals surface area (Å²) in [7, 11) is 0. The maximum absolute atomic E-state index is 12.5. The quantitative estimate of drug-likeness (QED) is 0.796. The van der Waals surface area contributed by atoms with Gasteiger partial charge in [0.05, 0.1) is 6.61 Å². The Hall–Kier alpha value is -1.09. The number of ether oxygens (including phenoxy) is 1. The predicted octanol–water partition coefficient (Wildman–Crippen LogP) is 1.83. The summed E-state index contributed by atoms with van der Waals surface area (Å²) in [5.74, 6) is 1.33. The minimum absolute atomic E-state index is 0.247.